The molecule has 0 aliphatic heterocycles. The molecule has 4 heteroatoms. The Balaban J connectivity index is 2.26. The number of para-hydroxylation sites is 1. The summed E-state index contributed by atoms with van der Waals surface area (Å²) >= 11 is 0. The molecule has 0 aliphatic rings. The van der Waals surface area contributed by atoms with Crippen molar-refractivity contribution in [3.8, 4) is 5.75 Å². The minimum Gasteiger partial charge on any atom is -0.481 e. The third-order valence-electron chi connectivity index (χ3n) is 2.06. The molecule has 1 amide bonds. The zero-order chi connectivity index (χ0) is 12.5. The van der Waals surface area contributed by atoms with Crippen molar-refractivity contribution < 1.29 is 13.9 Å². The molecule has 1 N–H and O–H groups in total. The number of amides is 1. The first kappa shape index (κ1) is 13.2. The van der Waals surface area contributed by atoms with Gasteiger partial charge in [0.05, 0.1) is 0 Å². The normalized spacial score (nSPS) is 10.5. The number of carbonyl (C=O) groups excluding carboxylic acids is 1. The fraction of sp³-hybridized carbons (Fsp3) is 0.308. The number of hydrogen-bond donors (Lipinski definition) is 1. The second-order valence-electron chi connectivity index (χ2n) is 3.43. The van der Waals surface area contributed by atoms with Gasteiger partial charge in [-0.25, -0.2) is 4.39 Å². The highest BCUT2D eigenvalue weighted by Crippen LogP contribution is 2.14. The maximum Gasteiger partial charge on any atom is 0.257 e. The van der Waals surface area contributed by atoms with Gasteiger partial charge in [-0.05, 0) is 25.5 Å². The van der Waals surface area contributed by atoms with E-state index in [2.05, 4.69) is 5.32 Å². The zero-order valence-corrected chi connectivity index (χ0v) is 9.78. The molecular formula is C13H16FNO2. The average molecular weight is 237 g/mol. The molecule has 1 aromatic carbocycles. The molecule has 0 heterocycles. The van der Waals surface area contributed by atoms with Gasteiger partial charge in [0.1, 0.15) is 0 Å². The Kier molecular flexibility index (Phi) is 5.79. The van der Waals surface area contributed by atoms with E-state index in [1.54, 1.807) is 12.1 Å². The Morgan fingerprint density at radius 1 is 1.47 bits per heavy atom. The van der Waals surface area contributed by atoms with Crippen LogP contribution in [0.4, 0.5) is 4.39 Å². The van der Waals surface area contributed by atoms with E-state index >= 15 is 0 Å². The molecule has 0 atom stereocenters. The van der Waals surface area contributed by atoms with Crippen molar-refractivity contribution in [3.63, 3.8) is 0 Å². The van der Waals surface area contributed by atoms with Crippen molar-refractivity contribution in [2.24, 2.45) is 0 Å². The second-order valence-corrected chi connectivity index (χ2v) is 3.43. The molecule has 0 fully saturated rings. The lowest BCUT2D eigenvalue weighted by Gasteiger charge is -2.07. The Morgan fingerprint density at radius 2 is 2.24 bits per heavy atom. The quantitative estimate of drug-likeness (QED) is 0.609. The summed E-state index contributed by atoms with van der Waals surface area (Å²) in [6.07, 6.45) is 4.65. The molecule has 0 radical (unpaired) electrons. The first-order valence-corrected chi connectivity index (χ1v) is 5.49. The number of ether oxygens (including phenoxy) is 1. The van der Waals surface area contributed by atoms with Gasteiger partial charge in [-0.1, -0.05) is 24.3 Å². The molecule has 0 saturated carbocycles. The number of benzene rings is 1. The molecule has 1 aromatic rings. The van der Waals surface area contributed by atoms with Gasteiger partial charge >= 0.3 is 0 Å². The highest BCUT2D eigenvalue weighted by atomic mass is 19.1. The predicted octanol–water partition coefficient (Wildman–Crippen LogP) is 2.29. The van der Waals surface area contributed by atoms with E-state index in [-0.39, 0.29) is 18.3 Å². The van der Waals surface area contributed by atoms with Gasteiger partial charge in [-0.3, -0.25) is 4.79 Å². The standard InChI is InChI=1S/C13H16FNO2/c1-2-3-6-9-15-13(16)10-17-12-8-5-4-7-11(12)14/h2-5,7-8H,6,9-10H2,1H3,(H,15,16)/b3-2+. The third-order valence-corrected chi connectivity index (χ3v) is 2.06. The van der Waals surface area contributed by atoms with Gasteiger partial charge in [0.25, 0.3) is 5.91 Å². The molecule has 0 bridgehead atoms. The van der Waals surface area contributed by atoms with Crippen LogP contribution in [0.1, 0.15) is 13.3 Å². The molecular weight excluding hydrogens is 221 g/mol. The second kappa shape index (κ2) is 7.44. The molecule has 0 saturated heterocycles. The van der Waals surface area contributed by atoms with Crippen LogP contribution in [0.5, 0.6) is 5.75 Å². The summed E-state index contributed by atoms with van der Waals surface area (Å²) in [5, 5.41) is 2.67. The van der Waals surface area contributed by atoms with Gasteiger partial charge in [0.15, 0.2) is 18.2 Å². The van der Waals surface area contributed by atoms with E-state index in [0.717, 1.165) is 6.42 Å². The topological polar surface area (TPSA) is 38.3 Å². The molecule has 1 rings (SSSR count). The smallest absolute Gasteiger partial charge is 0.257 e. The maximum absolute atomic E-state index is 13.1. The highest BCUT2D eigenvalue weighted by Gasteiger charge is 2.04. The molecule has 17 heavy (non-hydrogen) atoms. The van der Waals surface area contributed by atoms with Crippen LogP contribution in [-0.4, -0.2) is 19.1 Å². The van der Waals surface area contributed by atoms with E-state index < -0.39 is 5.82 Å². The van der Waals surface area contributed by atoms with Crippen molar-refractivity contribution in [3.05, 3.63) is 42.2 Å². The molecule has 3 nitrogen and oxygen atoms in total. The van der Waals surface area contributed by atoms with E-state index in [9.17, 15) is 9.18 Å². The fourth-order valence-electron chi connectivity index (χ4n) is 1.22. The van der Waals surface area contributed by atoms with Gasteiger partial charge in [0.2, 0.25) is 0 Å². The summed E-state index contributed by atoms with van der Waals surface area (Å²) in [5.74, 6) is -0.622. The number of halogens is 1. The molecule has 0 aliphatic carbocycles. The number of nitrogens with one attached hydrogen (secondary N) is 1. The first-order valence-electron chi connectivity index (χ1n) is 5.49. The monoisotopic (exact) mass is 237 g/mol. The predicted molar refractivity (Wildman–Crippen MR) is 64.3 cm³/mol. The van der Waals surface area contributed by atoms with Crippen molar-refractivity contribution in [2.75, 3.05) is 13.2 Å². The van der Waals surface area contributed by atoms with Gasteiger partial charge < -0.3 is 10.1 Å². The Labute approximate surface area is 100 Å². The van der Waals surface area contributed by atoms with Crippen molar-refractivity contribution >= 4 is 5.91 Å². The van der Waals surface area contributed by atoms with Crippen LogP contribution in [0, 0.1) is 5.82 Å². The van der Waals surface area contributed by atoms with Crippen LogP contribution in [0.3, 0.4) is 0 Å². The summed E-state index contributed by atoms with van der Waals surface area (Å²) in [4.78, 5) is 11.3. The first-order chi connectivity index (χ1) is 8.24. The lowest BCUT2D eigenvalue weighted by molar-refractivity contribution is -0.123. The van der Waals surface area contributed by atoms with Crippen molar-refractivity contribution in [1.29, 1.82) is 0 Å². The van der Waals surface area contributed by atoms with Crippen molar-refractivity contribution in [1.82, 2.24) is 5.32 Å². The fourth-order valence-corrected chi connectivity index (χ4v) is 1.22. The summed E-state index contributed by atoms with van der Waals surface area (Å²) in [7, 11) is 0. The van der Waals surface area contributed by atoms with Gasteiger partial charge in [0, 0.05) is 6.54 Å². The molecule has 0 spiro atoms. The molecule has 92 valence electrons. The summed E-state index contributed by atoms with van der Waals surface area (Å²) in [6.45, 7) is 2.31. The van der Waals surface area contributed by atoms with Crippen LogP contribution >= 0.6 is 0 Å². The van der Waals surface area contributed by atoms with Crippen LogP contribution in [-0.2, 0) is 4.79 Å². The minimum atomic E-state index is -0.464. The number of carbonyl (C=O) groups is 1. The SMILES string of the molecule is C/C=C/CCNC(=O)COc1ccccc1F. The number of hydrogen-bond acceptors (Lipinski definition) is 2. The Hall–Kier alpha value is -1.84. The van der Waals surface area contributed by atoms with Crippen LogP contribution in [0.2, 0.25) is 0 Å². The Bertz CT molecular complexity index is 391. The van der Waals surface area contributed by atoms with Crippen LogP contribution < -0.4 is 10.1 Å². The molecule has 0 unspecified atom stereocenters. The van der Waals surface area contributed by atoms with Crippen LogP contribution in [0.25, 0.3) is 0 Å². The average Bonchev–Trinajstić information content (AvgIpc) is 2.34. The Morgan fingerprint density at radius 3 is 2.94 bits per heavy atom. The van der Waals surface area contributed by atoms with E-state index in [4.69, 9.17) is 4.74 Å². The summed E-state index contributed by atoms with van der Waals surface area (Å²) < 4.78 is 18.2. The van der Waals surface area contributed by atoms with E-state index in [1.165, 1.54) is 12.1 Å². The summed E-state index contributed by atoms with van der Waals surface area (Å²) in [5.41, 5.74) is 0. The lowest BCUT2D eigenvalue weighted by atomic mass is 10.3. The minimum absolute atomic E-state index is 0.0936. The van der Waals surface area contributed by atoms with Gasteiger partial charge in [-0.2, -0.15) is 0 Å². The van der Waals surface area contributed by atoms with E-state index in [0.29, 0.717) is 6.54 Å². The summed E-state index contributed by atoms with van der Waals surface area (Å²) in [6, 6.07) is 6.00. The third kappa shape index (κ3) is 5.15. The van der Waals surface area contributed by atoms with Gasteiger partial charge in [-0.15, -0.1) is 0 Å². The number of allylic oxidation sites excluding steroid dienone is 1. The van der Waals surface area contributed by atoms with Crippen molar-refractivity contribution in [2.45, 2.75) is 13.3 Å². The highest BCUT2D eigenvalue weighted by molar-refractivity contribution is 5.77. The lowest BCUT2D eigenvalue weighted by Crippen LogP contribution is -2.29. The zero-order valence-electron chi connectivity index (χ0n) is 9.78. The molecule has 0 aromatic heterocycles. The van der Waals surface area contributed by atoms with E-state index in [1.807, 2.05) is 19.1 Å². The van der Waals surface area contributed by atoms with Crippen LogP contribution in [0.15, 0.2) is 36.4 Å². The maximum atomic E-state index is 13.1. The largest absolute Gasteiger partial charge is 0.481 e. The number of rotatable bonds is 6.